The van der Waals surface area contributed by atoms with Crippen molar-refractivity contribution in [3.63, 3.8) is 0 Å². The van der Waals surface area contributed by atoms with E-state index in [0.717, 1.165) is 37.9 Å². The smallest absolute Gasteiger partial charge is 0.134 e. The molecule has 0 saturated heterocycles. The van der Waals surface area contributed by atoms with Crippen LogP contribution in [0.1, 0.15) is 101 Å². The van der Waals surface area contributed by atoms with Crippen molar-refractivity contribution in [1.29, 1.82) is 0 Å². The average molecular weight is 435 g/mol. The van der Waals surface area contributed by atoms with Crippen LogP contribution in [0.25, 0.3) is 11.1 Å². The maximum Gasteiger partial charge on any atom is 0.134 e. The standard InChI is InChI=1S/C29H42N2O/c1-9-20(5)21(6)26-15-17-31(29(26)19(3)4)28(10-2)32-23(8)22(7)25-13-11-12-24-14-16-30-18-27(24)25/h11-13,15,17,19,23,28,30H,7,9-10,14,16,18H2,1-6,8H3/b21-20+. The molecule has 1 aromatic heterocycles. The van der Waals surface area contributed by atoms with Crippen LogP contribution in [-0.2, 0) is 17.7 Å². The molecule has 2 atom stereocenters. The first-order chi connectivity index (χ1) is 15.3. The Labute approximate surface area is 195 Å². The maximum atomic E-state index is 6.69. The zero-order chi connectivity index (χ0) is 23.4. The van der Waals surface area contributed by atoms with Crippen molar-refractivity contribution in [1.82, 2.24) is 9.88 Å². The molecule has 2 aromatic rings. The highest BCUT2D eigenvalue weighted by atomic mass is 16.5. The lowest BCUT2D eigenvalue weighted by Crippen LogP contribution is -2.26. The quantitative estimate of drug-likeness (QED) is 0.442. The number of hydrogen-bond donors (Lipinski definition) is 1. The molecule has 0 saturated carbocycles. The number of benzene rings is 1. The van der Waals surface area contributed by atoms with Gasteiger partial charge in [-0.05, 0) is 92.0 Å². The molecule has 174 valence electrons. The van der Waals surface area contributed by atoms with Gasteiger partial charge in [0, 0.05) is 18.4 Å². The highest BCUT2D eigenvalue weighted by molar-refractivity contribution is 5.71. The molecular weight excluding hydrogens is 392 g/mol. The highest BCUT2D eigenvalue weighted by Crippen LogP contribution is 2.35. The first-order valence-electron chi connectivity index (χ1n) is 12.3. The third-order valence-corrected chi connectivity index (χ3v) is 7.08. The molecule has 1 aromatic carbocycles. The summed E-state index contributed by atoms with van der Waals surface area (Å²) in [5, 5.41) is 3.51. The van der Waals surface area contributed by atoms with Gasteiger partial charge in [-0.25, -0.2) is 0 Å². The summed E-state index contributed by atoms with van der Waals surface area (Å²) in [5.41, 5.74) is 10.7. The van der Waals surface area contributed by atoms with Gasteiger partial charge in [0.15, 0.2) is 0 Å². The van der Waals surface area contributed by atoms with Crippen LogP contribution in [0.5, 0.6) is 0 Å². The Morgan fingerprint density at radius 3 is 2.53 bits per heavy atom. The summed E-state index contributed by atoms with van der Waals surface area (Å²) in [6, 6.07) is 8.88. The van der Waals surface area contributed by atoms with Crippen LogP contribution in [0.3, 0.4) is 0 Å². The second-order valence-electron chi connectivity index (χ2n) is 9.47. The Hall–Kier alpha value is -2.10. The fourth-order valence-electron chi connectivity index (χ4n) is 4.84. The number of nitrogens with zero attached hydrogens (tertiary/aromatic N) is 1. The topological polar surface area (TPSA) is 26.2 Å². The molecule has 0 aliphatic carbocycles. The van der Waals surface area contributed by atoms with Gasteiger partial charge >= 0.3 is 0 Å². The lowest BCUT2D eigenvalue weighted by molar-refractivity contribution is -0.0239. The molecule has 1 aliphatic rings. The minimum atomic E-state index is -0.0618. The van der Waals surface area contributed by atoms with E-state index < -0.39 is 0 Å². The number of aromatic nitrogens is 1. The van der Waals surface area contributed by atoms with E-state index in [1.807, 2.05) is 0 Å². The van der Waals surface area contributed by atoms with E-state index in [1.165, 1.54) is 39.1 Å². The molecular formula is C29H42N2O. The number of rotatable bonds is 9. The average Bonchev–Trinajstić information content (AvgIpc) is 3.25. The fraction of sp³-hybridized carbons (Fsp3) is 0.517. The van der Waals surface area contributed by atoms with Crippen LogP contribution in [0.4, 0.5) is 0 Å². The summed E-state index contributed by atoms with van der Waals surface area (Å²) in [7, 11) is 0. The molecule has 0 fully saturated rings. The van der Waals surface area contributed by atoms with E-state index in [9.17, 15) is 0 Å². The fourth-order valence-corrected chi connectivity index (χ4v) is 4.84. The first kappa shape index (κ1) is 24.5. The van der Waals surface area contributed by atoms with Crippen molar-refractivity contribution in [3.05, 3.63) is 70.6 Å². The zero-order valence-corrected chi connectivity index (χ0v) is 21.2. The van der Waals surface area contributed by atoms with Crippen LogP contribution >= 0.6 is 0 Å². The van der Waals surface area contributed by atoms with Crippen molar-refractivity contribution in [2.75, 3.05) is 6.54 Å². The van der Waals surface area contributed by atoms with Gasteiger partial charge < -0.3 is 14.6 Å². The lowest BCUT2D eigenvalue weighted by Gasteiger charge is -2.29. The van der Waals surface area contributed by atoms with Gasteiger partial charge in [0.25, 0.3) is 0 Å². The van der Waals surface area contributed by atoms with Crippen molar-refractivity contribution in [2.45, 2.75) is 92.5 Å². The van der Waals surface area contributed by atoms with Crippen LogP contribution in [0.15, 0.2) is 42.6 Å². The molecule has 1 aliphatic heterocycles. The summed E-state index contributed by atoms with van der Waals surface area (Å²) in [6.07, 6.45) is 5.21. The first-order valence-corrected chi connectivity index (χ1v) is 12.3. The number of nitrogens with one attached hydrogen (secondary N) is 1. The minimum Gasteiger partial charge on any atom is -0.350 e. The van der Waals surface area contributed by atoms with Gasteiger partial charge in [-0.2, -0.15) is 0 Å². The second-order valence-corrected chi connectivity index (χ2v) is 9.47. The minimum absolute atomic E-state index is 0.0136. The van der Waals surface area contributed by atoms with Crippen molar-refractivity contribution < 1.29 is 4.74 Å². The number of hydrogen-bond acceptors (Lipinski definition) is 2. The zero-order valence-electron chi connectivity index (χ0n) is 21.2. The van der Waals surface area contributed by atoms with E-state index in [0.29, 0.717) is 5.92 Å². The molecule has 1 N–H and O–H groups in total. The normalized spacial score (nSPS) is 16.5. The highest BCUT2D eigenvalue weighted by Gasteiger charge is 2.24. The molecule has 0 radical (unpaired) electrons. The molecule has 3 nitrogen and oxygen atoms in total. The van der Waals surface area contributed by atoms with E-state index in [2.05, 4.69) is 95.4 Å². The van der Waals surface area contributed by atoms with Gasteiger partial charge in [-0.3, -0.25) is 0 Å². The van der Waals surface area contributed by atoms with Crippen LogP contribution in [-0.4, -0.2) is 17.2 Å². The van der Waals surface area contributed by atoms with Crippen LogP contribution in [0, 0.1) is 0 Å². The van der Waals surface area contributed by atoms with Gasteiger partial charge in [0.2, 0.25) is 0 Å². The van der Waals surface area contributed by atoms with Gasteiger partial charge in [0.1, 0.15) is 6.23 Å². The Kier molecular flexibility index (Phi) is 8.19. The maximum absolute atomic E-state index is 6.69. The Balaban J connectivity index is 1.89. The summed E-state index contributed by atoms with van der Waals surface area (Å²) in [5.74, 6) is 0.419. The van der Waals surface area contributed by atoms with Crippen molar-refractivity contribution in [2.24, 2.45) is 0 Å². The molecule has 3 heteroatoms. The van der Waals surface area contributed by atoms with E-state index in [4.69, 9.17) is 4.74 Å². The number of allylic oxidation sites excluding steroid dienone is 2. The Bertz CT molecular complexity index is 979. The predicted molar refractivity (Wildman–Crippen MR) is 138 cm³/mol. The predicted octanol–water partition coefficient (Wildman–Crippen LogP) is 7.49. The summed E-state index contributed by atoms with van der Waals surface area (Å²) in [4.78, 5) is 0. The third kappa shape index (κ3) is 4.94. The van der Waals surface area contributed by atoms with E-state index >= 15 is 0 Å². The second kappa shape index (κ2) is 10.7. The summed E-state index contributed by atoms with van der Waals surface area (Å²) in [6.45, 7) is 22.1. The van der Waals surface area contributed by atoms with Gasteiger partial charge in [-0.15, -0.1) is 0 Å². The Morgan fingerprint density at radius 1 is 1.12 bits per heavy atom. The summed E-state index contributed by atoms with van der Waals surface area (Å²) < 4.78 is 9.05. The molecule has 0 spiro atoms. The largest absolute Gasteiger partial charge is 0.350 e. The van der Waals surface area contributed by atoms with Crippen molar-refractivity contribution in [3.8, 4) is 0 Å². The molecule has 3 rings (SSSR count). The number of ether oxygens (including phenoxy) is 1. The van der Waals surface area contributed by atoms with Gasteiger partial charge in [0.05, 0.1) is 6.10 Å². The van der Waals surface area contributed by atoms with Crippen LogP contribution < -0.4 is 5.32 Å². The molecule has 32 heavy (non-hydrogen) atoms. The van der Waals surface area contributed by atoms with E-state index in [1.54, 1.807) is 0 Å². The Morgan fingerprint density at radius 2 is 1.88 bits per heavy atom. The van der Waals surface area contributed by atoms with Crippen LogP contribution in [0.2, 0.25) is 0 Å². The van der Waals surface area contributed by atoms with E-state index in [-0.39, 0.29) is 12.3 Å². The summed E-state index contributed by atoms with van der Waals surface area (Å²) >= 11 is 0. The molecule has 2 unspecified atom stereocenters. The van der Waals surface area contributed by atoms with Gasteiger partial charge in [-0.1, -0.05) is 58.0 Å². The molecule has 0 bridgehead atoms. The van der Waals surface area contributed by atoms with Crippen molar-refractivity contribution >= 4 is 11.1 Å². The number of fused-ring (bicyclic) bond motifs is 1. The SMILES string of the molecule is C=C(c1cccc2c1CNCC2)C(C)OC(CC)n1ccc(/C(C)=C(\C)CC)c1C(C)C. The molecule has 2 heterocycles. The molecule has 0 amide bonds. The monoisotopic (exact) mass is 434 g/mol. The third-order valence-electron chi connectivity index (χ3n) is 7.08. The lowest BCUT2D eigenvalue weighted by atomic mass is 9.90.